The van der Waals surface area contributed by atoms with E-state index in [0.29, 0.717) is 34.2 Å². The summed E-state index contributed by atoms with van der Waals surface area (Å²) in [5.41, 5.74) is 5.72. The van der Waals surface area contributed by atoms with Crippen LogP contribution in [0.1, 0.15) is 22.2 Å². The Balaban J connectivity index is 1.18. The summed E-state index contributed by atoms with van der Waals surface area (Å²) in [7, 11) is 0. The SMILES string of the molecule is Nc1nc(C(NC(=O)c2cc(=O)c(O)cn2O)C(=O)N[C@@H]2C(=O)N3C(C(=O)O)=C(CSc4nc5ccccc5o4)CS[C@H]23)cs1. The molecule has 0 saturated carbocycles. The van der Waals surface area contributed by atoms with Crippen molar-refractivity contribution in [2.45, 2.75) is 22.7 Å². The van der Waals surface area contributed by atoms with Gasteiger partial charge in [0.15, 0.2) is 22.5 Å². The van der Waals surface area contributed by atoms with E-state index in [9.17, 15) is 39.4 Å². The molecule has 0 spiro atoms. The zero-order valence-electron chi connectivity index (χ0n) is 22.6. The van der Waals surface area contributed by atoms with Crippen LogP contribution >= 0.6 is 34.9 Å². The van der Waals surface area contributed by atoms with Gasteiger partial charge in [0.25, 0.3) is 17.0 Å². The van der Waals surface area contributed by atoms with Gasteiger partial charge in [-0.1, -0.05) is 23.9 Å². The van der Waals surface area contributed by atoms with Gasteiger partial charge in [-0.2, -0.15) is 4.73 Å². The molecule has 0 bridgehead atoms. The Morgan fingerprint density at radius 2 is 2.00 bits per heavy atom. The lowest BCUT2D eigenvalue weighted by Crippen LogP contribution is -2.71. The second kappa shape index (κ2) is 11.8. The second-order valence-corrected chi connectivity index (χ2v) is 12.6. The molecule has 1 aromatic carbocycles. The lowest BCUT2D eigenvalue weighted by Gasteiger charge is -2.49. The van der Waals surface area contributed by atoms with E-state index in [1.165, 1.54) is 28.9 Å². The molecule has 2 aliphatic rings. The summed E-state index contributed by atoms with van der Waals surface area (Å²) in [5.74, 6) is -4.31. The standard InChI is InChI=1S/C26H21N7O9S3/c27-25-28-12(9-44-25)17(30-20(36)13-5-14(34)15(35)6-32(13)41)21(37)31-18-22(38)33-19(24(39)40)10(7-43-23(18)33)8-45-26-29-11-3-1-2-4-16(11)42-26/h1-6,9,17-18,23,35,41H,7-8H2,(H2,27,28)(H,30,36)(H,31,37)(H,39,40)/t17?,18-,23-/m1/s1. The van der Waals surface area contributed by atoms with E-state index in [1.807, 2.05) is 6.07 Å². The molecule has 3 aromatic heterocycles. The summed E-state index contributed by atoms with van der Waals surface area (Å²) in [6.45, 7) is 0. The number of β-lactam (4-membered cyclic amide) rings is 1. The number of hydrogen-bond donors (Lipinski definition) is 6. The van der Waals surface area contributed by atoms with Crippen LogP contribution in [-0.4, -0.2) is 81.6 Å². The number of anilines is 1. The summed E-state index contributed by atoms with van der Waals surface area (Å²) in [6.07, 6.45) is 0.614. The minimum Gasteiger partial charge on any atom is -0.503 e. The van der Waals surface area contributed by atoms with Gasteiger partial charge in [0, 0.05) is 23.0 Å². The number of carboxylic acid groups (broad SMARTS) is 1. The number of carbonyl (C=O) groups is 4. The number of hydrogen-bond acceptors (Lipinski definition) is 14. The van der Waals surface area contributed by atoms with Crippen LogP contribution < -0.4 is 21.8 Å². The van der Waals surface area contributed by atoms with Crippen LogP contribution in [0.3, 0.4) is 0 Å². The first-order valence-corrected chi connectivity index (χ1v) is 15.8. The van der Waals surface area contributed by atoms with Crippen LogP contribution in [0.25, 0.3) is 11.1 Å². The normalized spacial score (nSPS) is 18.3. The highest BCUT2D eigenvalue weighted by Gasteiger charge is 2.54. The molecule has 232 valence electrons. The highest BCUT2D eigenvalue weighted by Crippen LogP contribution is 2.42. The number of benzene rings is 1. The van der Waals surface area contributed by atoms with Crippen molar-refractivity contribution in [2.24, 2.45) is 0 Å². The zero-order valence-corrected chi connectivity index (χ0v) is 25.0. The third-order valence-corrected chi connectivity index (χ3v) is 9.76. The van der Waals surface area contributed by atoms with Crippen molar-refractivity contribution < 1.29 is 39.0 Å². The van der Waals surface area contributed by atoms with Crippen molar-refractivity contribution in [3.8, 4) is 5.75 Å². The number of thiazole rings is 1. The Labute approximate surface area is 263 Å². The van der Waals surface area contributed by atoms with Gasteiger partial charge in [-0.3, -0.25) is 24.1 Å². The molecule has 0 aliphatic carbocycles. The average molecular weight is 672 g/mol. The van der Waals surface area contributed by atoms with Gasteiger partial charge >= 0.3 is 5.97 Å². The molecule has 16 nitrogen and oxygen atoms in total. The van der Waals surface area contributed by atoms with E-state index in [2.05, 4.69) is 20.6 Å². The van der Waals surface area contributed by atoms with Crippen molar-refractivity contribution in [1.82, 2.24) is 30.2 Å². The Hall–Kier alpha value is -5.01. The zero-order chi connectivity index (χ0) is 32.0. The van der Waals surface area contributed by atoms with Gasteiger partial charge in [0.05, 0.1) is 11.9 Å². The fourth-order valence-corrected chi connectivity index (χ4v) is 7.60. The summed E-state index contributed by atoms with van der Waals surface area (Å²) >= 11 is 3.43. The monoisotopic (exact) mass is 671 g/mol. The molecule has 3 atom stereocenters. The predicted molar refractivity (Wildman–Crippen MR) is 161 cm³/mol. The topological polar surface area (TPSA) is 243 Å². The number of rotatable bonds is 9. The number of aromatic hydroxyl groups is 1. The maximum atomic E-state index is 13.5. The molecule has 7 N–H and O–H groups in total. The quantitative estimate of drug-likeness (QED) is 0.0825. The Morgan fingerprint density at radius 3 is 2.71 bits per heavy atom. The fraction of sp³-hybridized carbons (Fsp3) is 0.192. The van der Waals surface area contributed by atoms with Crippen molar-refractivity contribution in [2.75, 3.05) is 17.2 Å². The number of nitrogens with two attached hydrogens (primary N) is 1. The number of nitrogens with one attached hydrogen (secondary N) is 2. The Morgan fingerprint density at radius 1 is 1.22 bits per heavy atom. The minimum absolute atomic E-state index is 0.0125. The number of oxazole rings is 1. The van der Waals surface area contributed by atoms with E-state index in [4.69, 9.17) is 10.2 Å². The highest BCUT2D eigenvalue weighted by molar-refractivity contribution is 8.01. The smallest absolute Gasteiger partial charge is 0.352 e. The number of amides is 3. The van der Waals surface area contributed by atoms with Crippen molar-refractivity contribution in [1.29, 1.82) is 0 Å². The lowest BCUT2D eigenvalue weighted by atomic mass is 10.0. The highest BCUT2D eigenvalue weighted by atomic mass is 32.2. The first kappa shape index (κ1) is 30.0. The van der Waals surface area contributed by atoms with Gasteiger partial charge < -0.3 is 36.2 Å². The van der Waals surface area contributed by atoms with Crippen molar-refractivity contribution >= 4 is 74.8 Å². The fourth-order valence-electron chi connectivity index (χ4n) is 4.69. The third-order valence-electron chi connectivity index (χ3n) is 6.81. The molecule has 3 amide bonds. The molecule has 4 aromatic rings. The van der Waals surface area contributed by atoms with Crippen LogP contribution in [0.15, 0.2) is 67.6 Å². The second-order valence-electron chi connectivity index (χ2n) is 9.66. The van der Waals surface area contributed by atoms with Gasteiger partial charge in [-0.05, 0) is 17.7 Å². The van der Waals surface area contributed by atoms with Crippen LogP contribution in [0, 0.1) is 0 Å². The number of carboxylic acids is 1. The molecule has 2 aliphatic heterocycles. The molecule has 1 unspecified atom stereocenters. The largest absolute Gasteiger partial charge is 0.503 e. The van der Waals surface area contributed by atoms with Gasteiger partial charge in [0.2, 0.25) is 11.3 Å². The number of pyridine rings is 1. The van der Waals surface area contributed by atoms with Crippen LogP contribution in [0.5, 0.6) is 5.75 Å². The minimum atomic E-state index is -1.52. The number of thioether (sulfide) groups is 2. The first-order valence-electron chi connectivity index (χ1n) is 12.9. The number of nitrogen functional groups attached to an aromatic ring is 1. The average Bonchev–Trinajstić information content (AvgIpc) is 3.64. The summed E-state index contributed by atoms with van der Waals surface area (Å²) in [6, 6.07) is 5.18. The number of aliphatic carboxylic acids is 1. The van der Waals surface area contributed by atoms with E-state index in [0.717, 1.165) is 16.2 Å². The van der Waals surface area contributed by atoms with Crippen LogP contribution in [0.2, 0.25) is 0 Å². The Kier molecular flexibility index (Phi) is 7.89. The molecule has 6 rings (SSSR count). The molecule has 5 heterocycles. The predicted octanol–water partition coefficient (Wildman–Crippen LogP) is 0.973. The molecular formula is C26H21N7O9S3. The van der Waals surface area contributed by atoms with Gasteiger partial charge in [-0.25, -0.2) is 14.8 Å². The van der Waals surface area contributed by atoms with E-state index in [1.54, 1.807) is 18.2 Å². The van der Waals surface area contributed by atoms with Crippen LogP contribution in [0.4, 0.5) is 5.13 Å². The molecule has 0 radical (unpaired) electrons. The van der Waals surface area contributed by atoms with E-state index >= 15 is 0 Å². The summed E-state index contributed by atoms with van der Waals surface area (Å²) in [4.78, 5) is 73.3. The molecule has 1 fully saturated rings. The molecular weight excluding hydrogens is 651 g/mol. The van der Waals surface area contributed by atoms with Crippen molar-refractivity contribution in [3.63, 3.8) is 0 Å². The third kappa shape index (κ3) is 5.67. The maximum absolute atomic E-state index is 13.5. The maximum Gasteiger partial charge on any atom is 0.352 e. The Bertz CT molecular complexity index is 1940. The van der Waals surface area contributed by atoms with Crippen LogP contribution in [-0.2, 0) is 14.4 Å². The first-order chi connectivity index (χ1) is 21.5. The van der Waals surface area contributed by atoms with Crippen molar-refractivity contribution in [3.05, 3.63) is 74.8 Å². The summed E-state index contributed by atoms with van der Waals surface area (Å²) < 4.78 is 5.91. The number of aromatic nitrogens is 3. The number of nitrogens with zero attached hydrogens (tertiary/aromatic N) is 4. The summed E-state index contributed by atoms with van der Waals surface area (Å²) in [5, 5.41) is 35.5. The number of para-hydroxylation sites is 2. The van der Waals surface area contributed by atoms with E-state index in [-0.39, 0.29) is 32.8 Å². The molecule has 45 heavy (non-hydrogen) atoms. The number of fused-ring (bicyclic) bond motifs is 2. The van der Waals surface area contributed by atoms with Gasteiger partial charge in [0.1, 0.15) is 28.3 Å². The van der Waals surface area contributed by atoms with E-state index < -0.39 is 58.0 Å². The molecule has 1 saturated heterocycles. The molecule has 19 heteroatoms. The lowest BCUT2D eigenvalue weighted by molar-refractivity contribution is -0.151. The van der Waals surface area contributed by atoms with Gasteiger partial charge in [-0.15, -0.1) is 23.1 Å². The number of carbonyl (C=O) groups excluding carboxylic acids is 3.